The van der Waals surface area contributed by atoms with Crippen LogP contribution in [0.5, 0.6) is 0 Å². The smallest absolute Gasteiger partial charge is 0.176 e. The monoisotopic (exact) mass is 336 g/mol. The van der Waals surface area contributed by atoms with Crippen LogP contribution >= 0.6 is 15.9 Å². The van der Waals surface area contributed by atoms with Gasteiger partial charge in [0.15, 0.2) is 5.78 Å². The van der Waals surface area contributed by atoms with Gasteiger partial charge in [-0.3, -0.25) is 4.79 Å². The zero-order valence-corrected chi connectivity index (χ0v) is 13.1. The number of hydrogen-bond donors (Lipinski definition) is 0. The second kappa shape index (κ2) is 4.54. The molecule has 0 aliphatic carbocycles. The van der Waals surface area contributed by atoms with Gasteiger partial charge in [-0.2, -0.15) is 0 Å². The van der Waals surface area contributed by atoms with Crippen molar-refractivity contribution in [3.8, 4) is 0 Å². The Bertz CT molecular complexity index is 969. The molecule has 0 amide bonds. The Kier molecular flexibility index (Phi) is 2.76. The van der Waals surface area contributed by atoms with Crippen molar-refractivity contribution in [3.05, 3.63) is 60.2 Å². The molecule has 21 heavy (non-hydrogen) atoms. The zero-order valence-electron chi connectivity index (χ0n) is 11.6. The lowest BCUT2D eigenvalue weighted by Crippen LogP contribution is -2.10. The van der Waals surface area contributed by atoms with Crippen LogP contribution in [-0.2, 0) is 0 Å². The third-order valence-electron chi connectivity index (χ3n) is 4.16. The Morgan fingerprint density at radius 1 is 0.857 bits per heavy atom. The Balaban J connectivity index is 2.23. The van der Waals surface area contributed by atoms with Gasteiger partial charge in [0.1, 0.15) is 0 Å². The molecule has 0 spiro atoms. The van der Waals surface area contributed by atoms with E-state index in [0.717, 1.165) is 10.9 Å². The van der Waals surface area contributed by atoms with Gasteiger partial charge in [-0.05, 0) is 39.2 Å². The summed E-state index contributed by atoms with van der Waals surface area (Å²) in [5.74, 6) is 0.132. The molecule has 4 aromatic rings. The standard InChI is InChI=1S/C19H13BrO/c1-11(20)19(21)16-10-8-14-6-5-12-3-2-4-13-7-9-15(16)18(14)17(12)13/h2-11H,1H3. The van der Waals surface area contributed by atoms with E-state index in [0.29, 0.717) is 0 Å². The fraction of sp³-hybridized carbons (Fsp3) is 0.105. The lowest BCUT2D eigenvalue weighted by molar-refractivity contribution is 0.0997. The second-order valence-electron chi connectivity index (χ2n) is 5.45. The van der Waals surface area contributed by atoms with Gasteiger partial charge < -0.3 is 0 Å². The van der Waals surface area contributed by atoms with Gasteiger partial charge in [0.05, 0.1) is 4.83 Å². The number of rotatable bonds is 2. The lowest BCUT2D eigenvalue weighted by atomic mass is 9.90. The molecule has 1 nitrogen and oxygen atoms in total. The molecule has 4 rings (SSSR count). The lowest BCUT2D eigenvalue weighted by Gasteiger charge is -2.13. The van der Waals surface area contributed by atoms with E-state index >= 15 is 0 Å². The number of halogens is 1. The van der Waals surface area contributed by atoms with Crippen LogP contribution in [0.25, 0.3) is 32.3 Å². The average Bonchev–Trinajstić information content (AvgIpc) is 2.51. The summed E-state index contributed by atoms with van der Waals surface area (Å²) in [7, 11) is 0. The minimum absolute atomic E-state index is 0.132. The summed E-state index contributed by atoms with van der Waals surface area (Å²) in [5, 5.41) is 7.14. The average molecular weight is 337 g/mol. The van der Waals surface area contributed by atoms with Crippen LogP contribution in [0, 0.1) is 0 Å². The van der Waals surface area contributed by atoms with Crippen molar-refractivity contribution in [1.29, 1.82) is 0 Å². The first-order chi connectivity index (χ1) is 10.2. The van der Waals surface area contributed by atoms with Crippen molar-refractivity contribution in [2.45, 2.75) is 11.8 Å². The SMILES string of the molecule is CC(Br)C(=O)c1ccc2ccc3cccc4ccc1c2c34. The predicted octanol–water partition coefficient (Wildman–Crippen LogP) is 5.55. The summed E-state index contributed by atoms with van der Waals surface area (Å²) in [5.41, 5.74) is 0.796. The van der Waals surface area contributed by atoms with Crippen molar-refractivity contribution in [2.24, 2.45) is 0 Å². The van der Waals surface area contributed by atoms with Gasteiger partial charge in [-0.1, -0.05) is 70.5 Å². The molecule has 1 atom stereocenters. The highest BCUT2D eigenvalue weighted by Crippen LogP contribution is 2.36. The number of ketones is 1. The highest BCUT2D eigenvalue weighted by Gasteiger charge is 2.17. The first-order valence-electron chi connectivity index (χ1n) is 7.01. The van der Waals surface area contributed by atoms with Gasteiger partial charge in [0, 0.05) is 5.56 Å². The molecule has 0 aromatic heterocycles. The molecule has 0 saturated carbocycles. The maximum Gasteiger partial charge on any atom is 0.176 e. The molecule has 0 aliphatic rings. The Morgan fingerprint density at radius 2 is 1.43 bits per heavy atom. The van der Waals surface area contributed by atoms with Crippen LogP contribution in [0.2, 0.25) is 0 Å². The quantitative estimate of drug-likeness (QED) is 0.266. The molecule has 0 aliphatic heterocycles. The van der Waals surface area contributed by atoms with Crippen molar-refractivity contribution < 1.29 is 4.79 Å². The number of carbonyl (C=O) groups is 1. The van der Waals surface area contributed by atoms with Gasteiger partial charge in [0.25, 0.3) is 0 Å². The molecular weight excluding hydrogens is 324 g/mol. The van der Waals surface area contributed by atoms with E-state index in [2.05, 4.69) is 64.5 Å². The Hall–Kier alpha value is -1.93. The zero-order chi connectivity index (χ0) is 14.6. The van der Waals surface area contributed by atoms with Crippen LogP contribution in [0.15, 0.2) is 54.6 Å². The fourth-order valence-electron chi connectivity index (χ4n) is 3.16. The molecule has 0 saturated heterocycles. The second-order valence-corrected chi connectivity index (χ2v) is 6.82. The predicted molar refractivity (Wildman–Crippen MR) is 92.9 cm³/mol. The summed E-state index contributed by atoms with van der Waals surface area (Å²) >= 11 is 3.40. The molecule has 0 heterocycles. The molecule has 1 unspecified atom stereocenters. The molecule has 2 heteroatoms. The van der Waals surface area contributed by atoms with E-state index in [1.807, 2.05) is 13.0 Å². The third-order valence-corrected chi connectivity index (χ3v) is 4.57. The number of alkyl halides is 1. The topological polar surface area (TPSA) is 17.1 Å². The molecule has 0 bridgehead atoms. The van der Waals surface area contributed by atoms with Crippen molar-refractivity contribution >= 4 is 54.0 Å². The Morgan fingerprint density at radius 3 is 2.10 bits per heavy atom. The van der Waals surface area contributed by atoms with E-state index in [1.165, 1.54) is 26.9 Å². The maximum atomic E-state index is 12.4. The summed E-state index contributed by atoms with van der Waals surface area (Å²) in [4.78, 5) is 12.3. The minimum Gasteiger partial charge on any atom is -0.293 e. The van der Waals surface area contributed by atoms with Gasteiger partial charge in [0.2, 0.25) is 0 Å². The van der Waals surface area contributed by atoms with E-state index < -0.39 is 0 Å². The van der Waals surface area contributed by atoms with E-state index in [4.69, 9.17) is 0 Å². The third kappa shape index (κ3) is 1.79. The van der Waals surface area contributed by atoms with Gasteiger partial charge in [-0.25, -0.2) is 0 Å². The molecule has 0 radical (unpaired) electrons. The van der Waals surface area contributed by atoms with Gasteiger partial charge >= 0.3 is 0 Å². The summed E-state index contributed by atoms with van der Waals surface area (Å²) in [6, 6.07) is 18.8. The number of benzene rings is 4. The van der Waals surface area contributed by atoms with Crippen LogP contribution in [-0.4, -0.2) is 10.6 Å². The first-order valence-corrected chi connectivity index (χ1v) is 7.93. The van der Waals surface area contributed by atoms with Crippen LogP contribution in [0.3, 0.4) is 0 Å². The van der Waals surface area contributed by atoms with Crippen molar-refractivity contribution in [2.75, 3.05) is 0 Å². The highest BCUT2D eigenvalue weighted by atomic mass is 79.9. The molecule has 102 valence electrons. The molecule has 0 fully saturated rings. The summed E-state index contributed by atoms with van der Waals surface area (Å²) < 4.78 is 0. The summed E-state index contributed by atoms with van der Waals surface area (Å²) in [6.45, 7) is 1.88. The highest BCUT2D eigenvalue weighted by molar-refractivity contribution is 9.10. The number of carbonyl (C=O) groups excluding carboxylic acids is 1. The fourth-order valence-corrected chi connectivity index (χ4v) is 3.41. The number of Topliss-reactive ketones (excluding diaryl/α,β-unsaturated/α-hetero) is 1. The molecule has 0 N–H and O–H groups in total. The Labute approximate surface area is 131 Å². The van der Waals surface area contributed by atoms with Gasteiger partial charge in [-0.15, -0.1) is 0 Å². The van der Waals surface area contributed by atoms with Crippen molar-refractivity contribution in [1.82, 2.24) is 0 Å². The first kappa shape index (κ1) is 12.8. The summed E-state index contributed by atoms with van der Waals surface area (Å²) in [6.07, 6.45) is 0. The van der Waals surface area contributed by atoms with Crippen LogP contribution in [0.4, 0.5) is 0 Å². The van der Waals surface area contributed by atoms with E-state index in [1.54, 1.807) is 0 Å². The normalized spacial score (nSPS) is 13.2. The minimum atomic E-state index is -0.170. The van der Waals surface area contributed by atoms with Crippen LogP contribution < -0.4 is 0 Å². The van der Waals surface area contributed by atoms with Crippen molar-refractivity contribution in [3.63, 3.8) is 0 Å². The largest absolute Gasteiger partial charge is 0.293 e. The maximum absolute atomic E-state index is 12.4. The van der Waals surface area contributed by atoms with E-state index in [-0.39, 0.29) is 10.6 Å². The molecular formula is C19H13BrO. The van der Waals surface area contributed by atoms with E-state index in [9.17, 15) is 4.79 Å². The van der Waals surface area contributed by atoms with Crippen LogP contribution in [0.1, 0.15) is 17.3 Å². The number of hydrogen-bond acceptors (Lipinski definition) is 1. The molecule has 4 aromatic carbocycles.